The third-order valence-corrected chi connectivity index (χ3v) is 3.67. The molecule has 3 nitrogen and oxygen atoms in total. The molecule has 102 valence electrons. The Morgan fingerprint density at radius 2 is 1.85 bits per heavy atom. The van der Waals surface area contributed by atoms with Gasteiger partial charge in [0.05, 0.1) is 7.11 Å². The molecule has 1 fully saturated rings. The third-order valence-electron chi connectivity index (χ3n) is 3.67. The second-order valence-corrected chi connectivity index (χ2v) is 5.13. The van der Waals surface area contributed by atoms with Crippen LogP contribution >= 0.6 is 0 Å². The average molecular weight is 267 g/mol. The molecule has 0 saturated heterocycles. The Morgan fingerprint density at radius 3 is 2.50 bits per heavy atom. The summed E-state index contributed by atoms with van der Waals surface area (Å²) in [5.41, 5.74) is 1.25. The Balaban J connectivity index is 1.81. The third kappa shape index (κ3) is 2.39. The minimum Gasteiger partial charge on any atom is -0.497 e. The fraction of sp³-hybridized carbons (Fsp3) is 0.235. The molecule has 1 aliphatic rings. The van der Waals surface area contributed by atoms with Crippen LogP contribution in [0.25, 0.3) is 0 Å². The molecule has 3 heteroatoms. The van der Waals surface area contributed by atoms with E-state index in [1.807, 2.05) is 54.6 Å². The smallest absolute Gasteiger partial charge is 0.188 e. The summed E-state index contributed by atoms with van der Waals surface area (Å²) in [4.78, 5) is 12.6. The molecule has 1 aliphatic carbocycles. The van der Waals surface area contributed by atoms with Crippen molar-refractivity contribution in [1.29, 1.82) is 0 Å². The molecule has 0 atom stereocenters. The van der Waals surface area contributed by atoms with Crippen molar-refractivity contribution in [1.82, 2.24) is 0 Å². The fourth-order valence-corrected chi connectivity index (χ4v) is 2.38. The van der Waals surface area contributed by atoms with Gasteiger partial charge in [0.2, 0.25) is 0 Å². The Hall–Kier alpha value is -2.29. The minimum atomic E-state index is -0.437. The van der Waals surface area contributed by atoms with Crippen LogP contribution < -0.4 is 10.1 Å². The van der Waals surface area contributed by atoms with Crippen LogP contribution in [-0.4, -0.2) is 18.4 Å². The molecular formula is C17H17NO2. The molecule has 2 aromatic carbocycles. The van der Waals surface area contributed by atoms with E-state index in [2.05, 4.69) is 5.32 Å². The number of hydrogen-bond acceptors (Lipinski definition) is 3. The number of ether oxygens (including phenoxy) is 1. The molecule has 0 unspecified atom stereocenters. The zero-order chi connectivity index (χ0) is 14.0. The lowest BCUT2D eigenvalue weighted by molar-refractivity contribution is 0.0958. The predicted octanol–water partition coefficient (Wildman–Crippen LogP) is 3.52. The molecule has 0 heterocycles. The number of carbonyl (C=O) groups is 1. The van der Waals surface area contributed by atoms with Crippen LogP contribution in [0, 0.1) is 0 Å². The Bertz CT molecular complexity index is 618. The lowest BCUT2D eigenvalue weighted by Gasteiger charge is -2.18. The van der Waals surface area contributed by atoms with E-state index in [1.165, 1.54) is 0 Å². The Kier molecular flexibility index (Phi) is 3.18. The highest BCUT2D eigenvalue weighted by Gasteiger charge is 2.49. The van der Waals surface area contributed by atoms with Crippen LogP contribution in [-0.2, 0) is 0 Å². The molecule has 2 aromatic rings. The van der Waals surface area contributed by atoms with Gasteiger partial charge in [0.15, 0.2) is 5.78 Å². The van der Waals surface area contributed by atoms with Crippen molar-refractivity contribution in [3.8, 4) is 5.75 Å². The van der Waals surface area contributed by atoms with E-state index < -0.39 is 5.54 Å². The van der Waals surface area contributed by atoms with Crippen molar-refractivity contribution in [3.63, 3.8) is 0 Å². The lowest BCUT2D eigenvalue weighted by atomic mass is 10.0. The van der Waals surface area contributed by atoms with E-state index in [0.717, 1.165) is 29.8 Å². The van der Waals surface area contributed by atoms with Gasteiger partial charge in [-0.3, -0.25) is 4.79 Å². The minimum absolute atomic E-state index is 0.168. The number of anilines is 1. The molecule has 0 bridgehead atoms. The molecule has 3 rings (SSSR count). The van der Waals surface area contributed by atoms with Gasteiger partial charge < -0.3 is 10.1 Å². The normalized spacial score (nSPS) is 15.4. The Labute approximate surface area is 118 Å². The first-order chi connectivity index (χ1) is 9.73. The van der Waals surface area contributed by atoms with Crippen molar-refractivity contribution in [2.45, 2.75) is 18.4 Å². The number of benzene rings is 2. The van der Waals surface area contributed by atoms with Crippen LogP contribution in [0.1, 0.15) is 23.2 Å². The summed E-state index contributed by atoms with van der Waals surface area (Å²) < 4.78 is 5.21. The molecule has 1 saturated carbocycles. The van der Waals surface area contributed by atoms with E-state index in [0.29, 0.717) is 0 Å². The summed E-state index contributed by atoms with van der Waals surface area (Å²) in [6.07, 6.45) is 1.75. The summed E-state index contributed by atoms with van der Waals surface area (Å²) in [5, 5.41) is 3.37. The van der Waals surface area contributed by atoms with E-state index in [4.69, 9.17) is 4.74 Å². The van der Waals surface area contributed by atoms with Gasteiger partial charge in [0.25, 0.3) is 0 Å². The number of rotatable bonds is 5. The highest BCUT2D eigenvalue weighted by molar-refractivity contribution is 6.07. The number of Topliss-reactive ketones (excluding diaryl/α,β-unsaturated/α-hetero) is 1. The molecule has 0 aromatic heterocycles. The second kappa shape index (κ2) is 5.00. The van der Waals surface area contributed by atoms with Crippen LogP contribution in [0.4, 0.5) is 5.69 Å². The zero-order valence-electron chi connectivity index (χ0n) is 11.4. The van der Waals surface area contributed by atoms with Gasteiger partial charge in [-0.15, -0.1) is 0 Å². The van der Waals surface area contributed by atoms with Crippen LogP contribution in [0.5, 0.6) is 5.75 Å². The van der Waals surface area contributed by atoms with Crippen LogP contribution in [0.2, 0.25) is 0 Å². The van der Waals surface area contributed by atoms with Crippen molar-refractivity contribution < 1.29 is 9.53 Å². The first-order valence-electron chi connectivity index (χ1n) is 6.76. The fourth-order valence-electron chi connectivity index (χ4n) is 2.38. The van der Waals surface area contributed by atoms with E-state index in [1.54, 1.807) is 7.11 Å². The van der Waals surface area contributed by atoms with Crippen LogP contribution in [0.3, 0.4) is 0 Å². The Morgan fingerprint density at radius 1 is 1.10 bits per heavy atom. The maximum Gasteiger partial charge on any atom is 0.188 e. The molecule has 1 N–H and O–H groups in total. The van der Waals surface area contributed by atoms with Crippen molar-refractivity contribution in [2.24, 2.45) is 0 Å². The zero-order valence-corrected chi connectivity index (χ0v) is 11.4. The van der Waals surface area contributed by atoms with Gasteiger partial charge >= 0.3 is 0 Å². The number of ketones is 1. The summed E-state index contributed by atoms with van der Waals surface area (Å²) in [6.45, 7) is 0. The standard InChI is InChI=1S/C17H17NO2/c1-20-15-9-5-8-14(12-15)18-17(10-11-17)16(19)13-6-3-2-4-7-13/h2-9,12,18H,10-11H2,1H3. The number of methoxy groups -OCH3 is 1. The first-order valence-corrected chi connectivity index (χ1v) is 6.76. The molecule has 0 spiro atoms. The molecule has 0 radical (unpaired) electrons. The second-order valence-electron chi connectivity index (χ2n) is 5.13. The SMILES string of the molecule is COc1cccc(NC2(C(=O)c3ccccc3)CC2)c1. The largest absolute Gasteiger partial charge is 0.497 e. The molecule has 20 heavy (non-hydrogen) atoms. The first kappa shape index (κ1) is 12.7. The summed E-state index contributed by atoms with van der Waals surface area (Å²) in [6, 6.07) is 17.1. The van der Waals surface area contributed by atoms with Gasteiger partial charge in [-0.05, 0) is 25.0 Å². The predicted molar refractivity (Wildman–Crippen MR) is 79.4 cm³/mol. The van der Waals surface area contributed by atoms with Gasteiger partial charge in [-0.25, -0.2) is 0 Å². The maximum atomic E-state index is 12.6. The van der Waals surface area contributed by atoms with Gasteiger partial charge in [-0.1, -0.05) is 36.4 Å². The molecule has 0 aliphatic heterocycles. The molecular weight excluding hydrogens is 250 g/mol. The summed E-state index contributed by atoms with van der Waals surface area (Å²) >= 11 is 0. The number of hydrogen-bond donors (Lipinski definition) is 1. The van der Waals surface area contributed by atoms with Crippen LogP contribution in [0.15, 0.2) is 54.6 Å². The number of nitrogens with one attached hydrogen (secondary N) is 1. The van der Waals surface area contributed by atoms with Gasteiger partial charge in [0.1, 0.15) is 11.3 Å². The van der Waals surface area contributed by atoms with Crippen molar-refractivity contribution in [2.75, 3.05) is 12.4 Å². The lowest BCUT2D eigenvalue weighted by Crippen LogP contribution is -2.31. The van der Waals surface area contributed by atoms with Gasteiger partial charge in [0, 0.05) is 17.3 Å². The quantitative estimate of drug-likeness (QED) is 0.842. The van der Waals surface area contributed by atoms with E-state index in [9.17, 15) is 4.79 Å². The monoisotopic (exact) mass is 267 g/mol. The average Bonchev–Trinajstić information content (AvgIpc) is 3.28. The summed E-state index contributed by atoms with van der Waals surface area (Å²) in [7, 11) is 1.64. The molecule has 0 amide bonds. The van der Waals surface area contributed by atoms with E-state index >= 15 is 0 Å². The number of carbonyl (C=O) groups excluding carboxylic acids is 1. The highest BCUT2D eigenvalue weighted by Crippen LogP contribution is 2.42. The highest BCUT2D eigenvalue weighted by atomic mass is 16.5. The topological polar surface area (TPSA) is 38.3 Å². The van der Waals surface area contributed by atoms with E-state index in [-0.39, 0.29) is 5.78 Å². The van der Waals surface area contributed by atoms with Gasteiger partial charge in [-0.2, -0.15) is 0 Å². The van der Waals surface area contributed by atoms with Crippen molar-refractivity contribution >= 4 is 11.5 Å². The summed E-state index contributed by atoms with van der Waals surface area (Å²) in [5.74, 6) is 0.957. The maximum absolute atomic E-state index is 12.6. The van der Waals surface area contributed by atoms with Crippen molar-refractivity contribution in [3.05, 3.63) is 60.2 Å².